The number of carboxylic acid groups (broad SMARTS) is 1. The summed E-state index contributed by atoms with van der Waals surface area (Å²) in [6, 6.07) is 1.58. The van der Waals surface area contributed by atoms with Crippen molar-refractivity contribution in [2.45, 2.75) is 82.7 Å². The minimum atomic E-state index is -1.23. The van der Waals surface area contributed by atoms with Crippen LogP contribution in [0.4, 0.5) is 0 Å². The van der Waals surface area contributed by atoms with Gasteiger partial charge in [0.2, 0.25) is 0 Å². The highest BCUT2D eigenvalue weighted by molar-refractivity contribution is 6.99. The van der Waals surface area contributed by atoms with Crippen LogP contribution in [0.5, 0.6) is 0 Å². The van der Waals surface area contributed by atoms with E-state index in [1.807, 2.05) is 0 Å². The zero-order chi connectivity index (χ0) is 15.5. The van der Waals surface area contributed by atoms with E-state index in [2.05, 4.69) is 39.7 Å². The Morgan fingerprint density at radius 2 is 1.68 bits per heavy atom. The molecule has 0 aromatic carbocycles. The lowest BCUT2D eigenvalue weighted by Crippen LogP contribution is -2.55. The van der Waals surface area contributed by atoms with Gasteiger partial charge in [-0.25, -0.2) is 4.79 Å². The van der Waals surface area contributed by atoms with Crippen molar-refractivity contribution in [2.24, 2.45) is 0 Å². The maximum atomic E-state index is 9.45. The molecule has 0 aromatic heterocycles. The summed E-state index contributed by atoms with van der Waals surface area (Å²) in [5.74, 6) is -1.19. The van der Waals surface area contributed by atoms with Crippen LogP contribution in [-0.4, -0.2) is 38.4 Å². The number of carboxylic acids is 1. The lowest BCUT2D eigenvalue weighted by molar-refractivity contribution is -0.145. The molecule has 19 heavy (non-hydrogen) atoms. The van der Waals surface area contributed by atoms with Crippen LogP contribution >= 0.6 is 0 Å². The van der Waals surface area contributed by atoms with Crippen LogP contribution in [0.1, 0.15) is 33.1 Å². The summed E-state index contributed by atoms with van der Waals surface area (Å²) in [4.78, 5) is 9.45. The van der Waals surface area contributed by atoms with Gasteiger partial charge in [0.05, 0.1) is 8.07 Å². The Hall–Kier alpha value is -0.136. The van der Waals surface area contributed by atoms with Gasteiger partial charge in [-0.2, -0.15) is 0 Å². The molecule has 0 amide bonds. The molecule has 3 nitrogen and oxygen atoms in total. The van der Waals surface area contributed by atoms with Gasteiger partial charge in [0, 0.05) is 8.07 Å². The highest BCUT2D eigenvalue weighted by atomic mass is 28.4. The Morgan fingerprint density at radius 1 is 1.26 bits per heavy atom. The van der Waals surface area contributed by atoms with Crippen LogP contribution in [0.25, 0.3) is 0 Å². The van der Waals surface area contributed by atoms with Gasteiger partial charge in [0.15, 0.2) is 0 Å². The number of carbonyl (C=O) groups is 1. The van der Waals surface area contributed by atoms with E-state index >= 15 is 0 Å². The fraction of sp³-hybridized carbons (Fsp3) is 0.929. The molecule has 114 valence electrons. The quantitative estimate of drug-likeness (QED) is 0.759. The van der Waals surface area contributed by atoms with Crippen LogP contribution in [-0.2, 0) is 4.79 Å². The summed E-state index contributed by atoms with van der Waals surface area (Å²) in [6.45, 7) is 16.8. The van der Waals surface area contributed by atoms with E-state index in [-0.39, 0.29) is 0 Å². The molecule has 2 unspecified atom stereocenters. The highest BCUT2D eigenvalue weighted by Crippen LogP contribution is 2.54. The van der Waals surface area contributed by atoms with Crippen LogP contribution in [0.15, 0.2) is 0 Å². The van der Waals surface area contributed by atoms with Gasteiger partial charge in [0.1, 0.15) is 6.10 Å². The number of aliphatic hydroxyl groups is 1. The summed E-state index contributed by atoms with van der Waals surface area (Å²) in [7, 11) is -1.87. The molecule has 1 saturated heterocycles. The third-order valence-corrected chi connectivity index (χ3v) is 17.9. The summed E-state index contributed by atoms with van der Waals surface area (Å²) >= 11 is 0. The average molecular weight is 305 g/mol. The van der Waals surface area contributed by atoms with Crippen molar-refractivity contribution in [1.82, 2.24) is 0 Å². The second kappa shape index (κ2) is 6.54. The van der Waals surface area contributed by atoms with E-state index in [0.29, 0.717) is 0 Å². The van der Waals surface area contributed by atoms with E-state index in [9.17, 15) is 4.79 Å². The second-order valence-corrected chi connectivity index (χ2v) is 19.2. The molecule has 0 aromatic rings. The Balaban J connectivity index is 0.000000459. The van der Waals surface area contributed by atoms with Gasteiger partial charge >= 0.3 is 5.97 Å². The van der Waals surface area contributed by atoms with Crippen molar-refractivity contribution in [3.63, 3.8) is 0 Å². The first-order valence-electron chi connectivity index (χ1n) is 7.26. The monoisotopic (exact) mass is 304 g/mol. The van der Waals surface area contributed by atoms with Crippen LogP contribution in [0.2, 0.25) is 43.4 Å². The van der Waals surface area contributed by atoms with Crippen LogP contribution < -0.4 is 0 Å². The lowest BCUT2D eigenvalue weighted by atomic mass is 10.2. The molecule has 1 fully saturated rings. The first kappa shape index (κ1) is 18.9. The fourth-order valence-electron chi connectivity index (χ4n) is 3.05. The number of rotatable bonds is 2. The predicted molar refractivity (Wildman–Crippen MR) is 87.2 cm³/mol. The normalized spacial score (nSPS) is 28.0. The molecular weight excluding hydrogens is 272 g/mol. The van der Waals surface area contributed by atoms with E-state index in [0.717, 1.165) is 4.66 Å². The largest absolute Gasteiger partial charge is 0.479 e. The second-order valence-electron chi connectivity index (χ2n) is 7.69. The third-order valence-electron chi connectivity index (χ3n) is 5.23. The first-order valence-corrected chi connectivity index (χ1v) is 14.0. The minimum absolute atomic E-state index is 0.790. The van der Waals surface area contributed by atoms with Gasteiger partial charge in [-0.3, -0.25) is 0 Å². The summed E-state index contributed by atoms with van der Waals surface area (Å²) in [5, 5.41) is 15.8. The molecule has 0 radical (unpaired) electrons. The Kier molecular flexibility index (Phi) is 6.50. The number of hydrogen-bond acceptors (Lipinski definition) is 2. The predicted octanol–water partition coefficient (Wildman–Crippen LogP) is 3.97. The van der Waals surface area contributed by atoms with E-state index in [1.165, 1.54) is 26.2 Å². The lowest BCUT2D eigenvalue weighted by Gasteiger charge is -2.54. The van der Waals surface area contributed by atoms with Gasteiger partial charge in [-0.15, -0.1) is 0 Å². The fourth-order valence-corrected chi connectivity index (χ4v) is 15.0. The molecule has 0 spiro atoms. The van der Waals surface area contributed by atoms with E-state index in [1.54, 1.807) is 6.04 Å². The molecule has 0 aliphatic carbocycles. The molecule has 1 heterocycles. The Bertz CT molecular complexity index is 308. The molecule has 0 bridgehead atoms. The van der Waals surface area contributed by atoms with Gasteiger partial charge in [0.25, 0.3) is 0 Å². The van der Waals surface area contributed by atoms with Crippen molar-refractivity contribution in [3.05, 3.63) is 0 Å². The van der Waals surface area contributed by atoms with Crippen molar-refractivity contribution < 1.29 is 15.0 Å². The minimum Gasteiger partial charge on any atom is -0.479 e. The molecule has 2 atom stereocenters. The molecule has 2 N–H and O–H groups in total. The molecule has 1 aliphatic rings. The van der Waals surface area contributed by atoms with E-state index in [4.69, 9.17) is 10.2 Å². The topological polar surface area (TPSA) is 57.5 Å². The zero-order valence-electron chi connectivity index (χ0n) is 13.7. The third kappa shape index (κ3) is 4.72. The molecular formula is C14H32O3Si2. The zero-order valence-corrected chi connectivity index (χ0v) is 15.7. The Labute approximate surface area is 120 Å². The van der Waals surface area contributed by atoms with Crippen molar-refractivity contribution in [1.29, 1.82) is 0 Å². The number of aliphatic hydroxyl groups excluding tert-OH is 1. The summed E-state index contributed by atoms with van der Waals surface area (Å²) in [5.41, 5.74) is 0. The number of aliphatic carboxylic acids is 1. The van der Waals surface area contributed by atoms with Crippen molar-refractivity contribution in [2.75, 3.05) is 0 Å². The highest BCUT2D eigenvalue weighted by Gasteiger charge is 2.51. The van der Waals surface area contributed by atoms with Gasteiger partial charge in [-0.05, 0) is 11.6 Å². The maximum absolute atomic E-state index is 9.45. The van der Waals surface area contributed by atoms with Crippen molar-refractivity contribution >= 4 is 22.1 Å². The van der Waals surface area contributed by atoms with Crippen LogP contribution in [0.3, 0.4) is 0 Å². The van der Waals surface area contributed by atoms with E-state index < -0.39 is 28.2 Å². The molecule has 5 heteroatoms. The molecule has 1 rings (SSSR count). The SMILES string of the molecule is CC(O)C(=O)O.CC1([Si](C)(C)C)CCCC[Si]1(C)C. The Morgan fingerprint density at radius 3 is 1.89 bits per heavy atom. The van der Waals surface area contributed by atoms with Crippen molar-refractivity contribution in [3.8, 4) is 0 Å². The standard InChI is InChI=1S/C11H26Si2.C3H6O3/c1-11(12(2,3)4)9-7-8-10-13(11,5)6;1-2(4)3(5)6/h7-10H2,1-6H3;2,4H,1H3,(H,5,6). The average Bonchev–Trinajstić information content (AvgIpc) is 2.21. The number of hydrogen-bond donors (Lipinski definition) is 2. The maximum Gasteiger partial charge on any atom is 0.332 e. The van der Waals surface area contributed by atoms with Crippen LogP contribution in [0, 0.1) is 0 Å². The van der Waals surface area contributed by atoms with Gasteiger partial charge in [-0.1, -0.05) is 65.0 Å². The van der Waals surface area contributed by atoms with Gasteiger partial charge < -0.3 is 10.2 Å². The molecule has 1 aliphatic heterocycles. The smallest absolute Gasteiger partial charge is 0.332 e. The first-order chi connectivity index (χ1) is 8.35. The summed E-state index contributed by atoms with van der Waals surface area (Å²) < 4.78 is 0.790. The summed E-state index contributed by atoms with van der Waals surface area (Å²) in [6.07, 6.45) is 3.31. The molecule has 0 saturated carbocycles.